The van der Waals surface area contributed by atoms with E-state index in [1.54, 1.807) is 0 Å². The van der Waals surface area contributed by atoms with E-state index in [9.17, 15) is 0 Å². The fourth-order valence-electron chi connectivity index (χ4n) is 13.4. The van der Waals surface area contributed by atoms with Crippen LogP contribution in [0.5, 0.6) is 0 Å². The highest BCUT2D eigenvalue weighted by atomic mass is 15.2. The molecule has 1 unspecified atom stereocenters. The number of allylic oxidation sites excluding steroid dienone is 4. The average Bonchev–Trinajstić information content (AvgIpc) is 3.99. The summed E-state index contributed by atoms with van der Waals surface area (Å²) in [6.45, 7) is 2.44. The third kappa shape index (κ3) is 4.29. The Balaban J connectivity index is 1.12. The van der Waals surface area contributed by atoms with Crippen LogP contribution < -0.4 is 0 Å². The molecule has 3 nitrogen and oxygen atoms in total. The van der Waals surface area contributed by atoms with Gasteiger partial charge in [0.15, 0.2) is 0 Å². The van der Waals surface area contributed by atoms with E-state index in [0.717, 1.165) is 39.6 Å². The smallest absolute Gasteiger partial charge is 0.235 e. The Bertz CT molecular complexity index is 3950. The van der Waals surface area contributed by atoms with Crippen LogP contribution in [-0.2, 0) is 10.8 Å². The minimum Gasteiger partial charge on any atom is -0.277 e. The van der Waals surface area contributed by atoms with Gasteiger partial charge < -0.3 is 0 Å². The van der Waals surface area contributed by atoms with Gasteiger partial charge in [0.05, 0.1) is 33.1 Å². The minimum atomic E-state index is -0.618. The molecule has 0 fully saturated rings. The maximum absolute atomic E-state index is 5.61. The summed E-state index contributed by atoms with van der Waals surface area (Å²) < 4.78 is 2.40. The van der Waals surface area contributed by atoms with Gasteiger partial charge in [0, 0.05) is 27.3 Å². The van der Waals surface area contributed by atoms with Crippen LogP contribution in [0, 0.1) is 5.92 Å². The molecule has 0 saturated heterocycles. The number of benzene rings is 9. The Kier molecular flexibility index (Phi) is 7.13. The minimum absolute atomic E-state index is 0.364. The molecule has 2 heterocycles. The van der Waals surface area contributed by atoms with Crippen LogP contribution in [0.4, 0.5) is 0 Å². The lowest BCUT2D eigenvalue weighted by atomic mass is 9.51. The van der Waals surface area contributed by atoms with Crippen LogP contribution in [0.1, 0.15) is 57.9 Å². The van der Waals surface area contributed by atoms with Crippen LogP contribution in [0.15, 0.2) is 218 Å². The lowest BCUT2D eigenvalue weighted by molar-refractivity contribution is 0.547. The van der Waals surface area contributed by atoms with Crippen LogP contribution in [0.3, 0.4) is 0 Å². The van der Waals surface area contributed by atoms with Gasteiger partial charge in [0.25, 0.3) is 0 Å². The van der Waals surface area contributed by atoms with Gasteiger partial charge in [0.1, 0.15) is 0 Å². The summed E-state index contributed by atoms with van der Waals surface area (Å²) in [6, 6.07) is 74.7. The highest BCUT2D eigenvalue weighted by Gasteiger charge is 2.60. The van der Waals surface area contributed by atoms with Crippen molar-refractivity contribution in [3.05, 3.63) is 262 Å². The topological polar surface area (TPSA) is 30.7 Å². The van der Waals surface area contributed by atoms with E-state index in [2.05, 4.69) is 224 Å². The Morgan fingerprint density at radius 2 is 1.09 bits per heavy atom. The largest absolute Gasteiger partial charge is 0.277 e. The second-order valence-electron chi connectivity index (χ2n) is 18.7. The molecule has 0 bridgehead atoms. The van der Waals surface area contributed by atoms with Crippen LogP contribution in [-0.4, -0.2) is 14.5 Å². The SMILES string of the molecule is CC1CC=CC2=C1C1(c3ccccc32)c2ccccc2C2(c3ccccc3-c3c2ccc2c4c5ccccc5ccc4n(-c4nc(-c5ccccc5)c5ccccc5n4)c32)c2ccccc21. The number of rotatable bonds is 2. The number of fused-ring (bicyclic) bond motifs is 22. The molecular formula is C63H41N3. The molecule has 4 aliphatic carbocycles. The number of nitrogens with zero attached hydrogens (tertiary/aromatic N) is 3. The Labute approximate surface area is 382 Å². The van der Waals surface area contributed by atoms with E-state index >= 15 is 0 Å². The van der Waals surface area contributed by atoms with Crippen molar-refractivity contribution in [3.8, 4) is 28.3 Å². The van der Waals surface area contributed by atoms with Crippen molar-refractivity contribution < 1.29 is 0 Å². The third-order valence-electron chi connectivity index (χ3n) is 15.7. The van der Waals surface area contributed by atoms with Crippen LogP contribution in [0.25, 0.3) is 77.4 Å². The average molecular weight is 840 g/mol. The van der Waals surface area contributed by atoms with Gasteiger partial charge in [0.2, 0.25) is 5.95 Å². The zero-order valence-electron chi connectivity index (χ0n) is 36.3. The van der Waals surface area contributed by atoms with Crippen molar-refractivity contribution in [2.45, 2.75) is 24.2 Å². The van der Waals surface area contributed by atoms with Crippen molar-refractivity contribution in [3.63, 3.8) is 0 Å². The van der Waals surface area contributed by atoms with Crippen LogP contribution in [0.2, 0.25) is 0 Å². The lowest BCUT2D eigenvalue weighted by Gasteiger charge is -2.50. The van der Waals surface area contributed by atoms with Crippen molar-refractivity contribution in [1.82, 2.24) is 14.5 Å². The molecule has 2 spiro atoms. The van der Waals surface area contributed by atoms with Crippen LogP contribution >= 0.6 is 0 Å². The highest BCUT2D eigenvalue weighted by molar-refractivity contribution is 6.24. The fraction of sp³-hybridized carbons (Fsp3) is 0.0794. The van der Waals surface area contributed by atoms with Gasteiger partial charge in [-0.05, 0) is 96.5 Å². The lowest BCUT2D eigenvalue weighted by Crippen LogP contribution is -2.45. The molecule has 0 aliphatic heterocycles. The first-order valence-electron chi connectivity index (χ1n) is 23.3. The van der Waals surface area contributed by atoms with Gasteiger partial charge in [-0.25, -0.2) is 9.97 Å². The Morgan fingerprint density at radius 1 is 0.485 bits per heavy atom. The van der Waals surface area contributed by atoms with Gasteiger partial charge in [-0.3, -0.25) is 4.57 Å². The Hall–Kier alpha value is -8.14. The maximum Gasteiger partial charge on any atom is 0.235 e. The molecular weight excluding hydrogens is 799 g/mol. The molecule has 0 radical (unpaired) electrons. The van der Waals surface area contributed by atoms with Gasteiger partial charge in [-0.15, -0.1) is 0 Å². The third-order valence-corrected chi connectivity index (χ3v) is 15.7. The Morgan fingerprint density at radius 3 is 1.85 bits per heavy atom. The quantitative estimate of drug-likeness (QED) is 0.174. The van der Waals surface area contributed by atoms with E-state index < -0.39 is 10.8 Å². The zero-order chi connectivity index (χ0) is 43.3. The normalized spacial score (nSPS) is 19.7. The van der Waals surface area contributed by atoms with Crippen molar-refractivity contribution in [2.75, 3.05) is 0 Å². The number of aromatic nitrogens is 3. The molecule has 308 valence electrons. The first kappa shape index (κ1) is 36.2. The van der Waals surface area contributed by atoms with E-state index in [4.69, 9.17) is 9.97 Å². The summed E-state index contributed by atoms with van der Waals surface area (Å²) in [5.41, 5.74) is 20.3. The number of hydrogen-bond acceptors (Lipinski definition) is 2. The number of para-hydroxylation sites is 1. The number of hydrogen-bond donors (Lipinski definition) is 0. The monoisotopic (exact) mass is 839 g/mol. The second kappa shape index (κ2) is 13.0. The summed E-state index contributed by atoms with van der Waals surface area (Å²) in [5, 5.41) is 5.88. The summed E-state index contributed by atoms with van der Waals surface area (Å²) in [5.74, 6) is 1.03. The summed E-state index contributed by atoms with van der Waals surface area (Å²) in [4.78, 5) is 11.1. The van der Waals surface area contributed by atoms with Crippen molar-refractivity contribution in [1.29, 1.82) is 0 Å². The van der Waals surface area contributed by atoms with Gasteiger partial charge >= 0.3 is 0 Å². The molecule has 2 aromatic heterocycles. The van der Waals surface area contributed by atoms with E-state index in [1.807, 2.05) is 0 Å². The maximum atomic E-state index is 5.61. The highest BCUT2D eigenvalue weighted by Crippen LogP contribution is 2.69. The van der Waals surface area contributed by atoms with E-state index in [0.29, 0.717) is 11.9 Å². The zero-order valence-corrected chi connectivity index (χ0v) is 36.3. The first-order chi connectivity index (χ1) is 32.7. The van der Waals surface area contributed by atoms with Crippen molar-refractivity contribution >= 4 is 49.1 Å². The van der Waals surface area contributed by atoms with E-state index in [-0.39, 0.29) is 0 Å². The molecule has 11 aromatic rings. The van der Waals surface area contributed by atoms with Gasteiger partial charge in [-0.1, -0.05) is 207 Å². The molecule has 15 rings (SSSR count). The molecule has 9 aromatic carbocycles. The molecule has 0 saturated carbocycles. The summed E-state index contributed by atoms with van der Waals surface area (Å²) in [7, 11) is 0. The summed E-state index contributed by atoms with van der Waals surface area (Å²) >= 11 is 0. The fourth-order valence-corrected chi connectivity index (χ4v) is 13.4. The standard InChI is InChI=1S/C63H41N3/c1-38-18-17-26-43-42-23-7-10-27-47(42)63(58(38)43)51-31-14-12-29-49(51)62(50-30-13-15-32-52(50)63)48-28-11-8-24-44(48)57-53(62)36-35-46-56-41-22-6-5-19-39(41)34-37-55(56)66(60(46)57)61-64-54-33-16-9-25-45(54)59(65-61)40-20-3-2-4-21-40/h2-17,19-38H,18H2,1H3. The van der Waals surface area contributed by atoms with Gasteiger partial charge in [-0.2, -0.15) is 0 Å². The molecule has 0 amide bonds. The predicted molar refractivity (Wildman–Crippen MR) is 270 cm³/mol. The molecule has 66 heavy (non-hydrogen) atoms. The van der Waals surface area contributed by atoms with E-state index in [1.165, 1.54) is 88.3 Å². The molecule has 1 atom stereocenters. The van der Waals surface area contributed by atoms with Crippen molar-refractivity contribution in [2.24, 2.45) is 5.92 Å². The molecule has 0 N–H and O–H groups in total. The predicted octanol–water partition coefficient (Wildman–Crippen LogP) is 14.9. The second-order valence-corrected chi connectivity index (χ2v) is 18.7. The first-order valence-corrected chi connectivity index (χ1v) is 23.3. The summed E-state index contributed by atoms with van der Waals surface area (Å²) in [6.07, 6.45) is 5.83. The molecule has 4 aliphatic rings. The molecule has 3 heteroatoms.